The molecule has 2 aromatic carbocycles. The Hall–Kier alpha value is -2.05. The molecule has 0 fully saturated rings. The molecule has 0 aliphatic rings. The van der Waals surface area contributed by atoms with E-state index in [1.807, 2.05) is 19.1 Å². The molecule has 0 heterocycles. The van der Waals surface area contributed by atoms with Crippen LogP contribution in [-0.4, -0.2) is 27.1 Å². The highest BCUT2D eigenvalue weighted by atomic mass is 35.5. The van der Waals surface area contributed by atoms with E-state index in [1.54, 1.807) is 37.3 Å². The standard InChI is InChI=1S/C17H19ClN2O3S/c1-12-7-4-5-9-15(12)19-17(21)11-20(24(3,22)23)16-10-6-8-14(18)13(16)2/h4-10H,11H2,1-3H3,(H,19,21). The number of aryl methyl sites for hydroxylation is 1. The average Bonchev–Trinajstić information content (AvgIpc) is 2.49. The normalized spacial score (nSPS) is 11.2. The Bertz CT molecular complexity index is 866. The summed E-state index contributed by atoms with van der Waals surface area (Å²) in [7, 11) is -3.64. The molecule has 0 saturated heterocycles. The number of carbonyl (C=O) groups excluding carboxylic acids is 1. The van der Waals surface area contributed by atoms with Gasteiger partial charge in [-0.1, -0.05) is 35.9 Å². The van der Waals surface area contributed by atoms with Crippen LogP contribution in [0.25, 0.3) is 0 Å². The van der Waals surface area contributed by atoms with Gasteiger partial charge in [0.25, 0.3) is 0 Å². The van der Waals surface area contributed by atoms with Gasteiger partial charge >= 0.3 is 0 Å². The van der Waals surface area contributed by atoms with Gasteiger partial charge in [-0.15, -0.1) is 0 Å². The monoisotopic (exact) mass is 366 g/mol. The summed E-state index contributed by atoms with van der Waals surface area (Å²) in [5.74, 6) is -0.422. The molecule has 24 heavy (non-hydrogen) atoms. The number of nitrogens with one attached hydrogen (secondary N) is 1. The van der Waals surface area contributed by atoms with Crippen molar-refractivity contribution >= 4 is 38.9 Å². The third-order valence-electron chi connectivity index (χ3n) is 3.61. The molecule has 0 atom stereocenters. The van der Waals surface area contributed by atoms with Crippen LogP contribution in [0.5, 0.6) is 0 Å². The summed E-state index contributed by atoms with van der Waals surface area (Å²) in [6, 6.07) is 12.3. The van der Waals surface area contributed by atoms with Gasteiger partial charge in [-0.3, -0.25) is 9.10 Å². The first-order valence-corrected chi connectivity index (χ1v) is 9.51. The number of anilines is 2. The van der Waals surface area contributed by atoms with Gasteiger partial charge in [0.2, 0.25) is 15.9 Å². The Balaban J connectivity index is 2.29. The van der Waals surface area contributed by atoms with E-state index in [4.69, 9.17) is 11.6 Å². The fraction of sp³-hybridized carbons (Fsp3) is 0.235. The number of sulfonamides is 1. The quantitative estimate of drug-likeness (QED) is 0.882. The predicted molar refractivity (Wildman–Crippen MR) is 98.2 cm³/mol. The molecule has 0 radical (unpaired) electrons. The number of benzene rings is 2. The van der Waals surface area contributed by atoms with E-state index >= 15 is 0 Å². The maximum atomic E-state index is 12.3. The zero-order valence-corrected chi connectivity index (χ0v) is 15.3. The first-order chi connectivity index (χ1) is 11.2. The second kappa shape index (κ2) is 7.23. The molecule has 2 aromatic rings. The molecule has 1 N–H and O–H groups in total. The van der Waals surface area contributed by atoms with Gasteiger partial charge in [0.05, 0.1) is 11.9 Å². The smallest absolute Gasteiger partial charge is 0.245 e. The lowest BCUT2D eigenvalue weighted by Gasteiger charge is -2.24. The Morgan fingerprint density at radius 3 is 2.42 bits per heavy atom. The topological polar surface area (TPSA) is 66.5 Å². The van der Waals surface area contributed by atoms with Gasteiger partial charge < -0.3 is 5.32 Å². The van der Waals surface area contributed by atoms with Gasteiger partial charge in [-0.2, -0.15) is 0 Å². The van der Waals surface area contributed by atoms with Crippen molar-refractivity contribution in [1.82, 2.24) is 0 Å². The summed E-state index contributed by atoms with van der Waals surface area (Å²) in [6.07, 6.45) is 1.06. The number of hydrogen-bond donors (Lipinski definition) is 1. The van der Waals surface area contributed by atoms with Gasteiger partial charge in [-0.25, -0.2) is 8.42 Å². The molecule has 5 nitrogen and oxygen atoms in total. The van der Waals surface area contributed by atoms with Crippen LogP contribution in [0.4, 0.5) is 11.4 Å². The van der Waals surface area contributed by atoms with Crippen molar-refractivity contribution in [2.45, 2.75) is 13.8 Å². The van der Waals surface area contributed by atoms with E-state index in [-0.39, 0.29) is 6.54 Å². The molecule has 1 amide bonds. The van der Waals surface area contributed by atoms with E-state index in [0.29, 0.717) is 22.0 Å². The number of carbonyl (C=O) groups is 1. The first-order valence-electron chi connectivity index (χ1n) is 7.28. The lowest BCUT2D eigenvalue weighted by atomic mass is 10.2. The van der Waals surface area contributed by atoms with E-state index < -0.39 is 15.9 Å². The molecule has 0 bridgehead atoms. The van der Waals surface area contributed by atoms with Crippen LogP contribution in [0.1, 0.15) is 11.1 Å². The third kappa shape index (κ3) is 4.27. The van der Waals surface area contributed by atoms with E-state index in [2.05, 4.69) is 5.32 Å². The van der Waals surface area contributed by atoms with Crippen LogP contribution < -0.4 is 9.62 Å². The van der Waals surface area contributed by atoms with Gasteiger partial charge in [0.1, 0.15) is 6.54 Å². The number of amides is 1. The highest BCUT2D eigenvalue weighted by Crippen LogP contribution is 2.28. The van der Waals surface area contributed by atoms with Crippen LogP contribution in [-0.2, 0) is 14.8 Å². The molecule has 0 spiro atoms. The number of rotatable bonds is 5. The van der Waals surface area contributed by atoms with Crippen molar-refractivity contribution in [3.8, 4) is 0 Å². The summed E-state index contributed by atoms with van der Waals surface area (Å²) in [4.78, 5) is 12.3. The molecule has 0 saturated carbocycles. The van der Waals surface area contributed by atoms with E-state index in [9.17, 15) is 13.2 Å². The molecule has 128 valence electrons. The van der Waals surface area contributed by atoms with Gasteiger partial charge in [-0.05, 0) is 43.2 Å². The predicted octanol–water partition coefficient (Wildman–Crippen LogP) is 3.36. The zero-order chi connectivity index (χ0) is 17.9. The Labute approximate surface area is 147 Å². The Morgan fingerprint density at radius 1 is 1.12 bits per heavy atom. The Morgan fingerprint density at radius 2 is 1.79 bits per heavy atom. The lowest BCUT2D eigenvalue weighted by Crippen LogP contribution is -2.38. The SMILES string of the molecule is Cc1ccccc1NC(=O)CN(c1cccc(Cl)c1C)S(C)(=O)=O. The molecule has 0 aliphatic heterocycles. The van der Waals surface area contributed by atoms with Crippen molar-refractivity contribution in [1.29, 1.82) is 0 Å². The minimum Gasteiger partial charge on any atom is -0.324 e. The second-order valence-corrected chi connectivity index (χ2v) is 7.83. The van der Waals surface area contributed by atoms with Gasteiger partial charge in [0, 0.05) is 10.7 Å². The second-order valence-electron chi connectivity index (χ2n) is 5.52. The van der Waals surface area contributed by atoms with Crippen molar-refractivity contribution in [2.75, 3.05) is 22.4 Å². The summed E-state index contributed by atoms with van der Waals surface area (Å²) in [6.45, 7) is 3.26. The lowest BCUT2D eigenvalue weighted by molar-refractivity contribution is -0.114. The molecule has 7 heteroatoms. The minimum absolute atomic E-state index is 0.325. The van der Waals surface area contributed by atoms with Crippen LogP contribution in [0.2, 0.25) is 5.02 Å². The van der Waals surface area contributed by atoms with Crippen LogP contribution in [0.15, 0.2) is 42.5 Å². The average molecular weight is 367 g/mol. The molecule has 2 rings (SSSR count). The summed E-state index contributed by atoms with van der Waals surface area (Å²) in [5, 5.41) is 3.18. The van der Waals surface area contributed by atoms with Crippen LogP contribution >= 0.6 is 11.6 Å². The van der Waals surface area contributed by atoms with Crippen LogP contribution in [0, 0.1) is 13.8 Å². The van der Waals surface area contributed by atoms with E-state index in [0.717, 1.165) is 16.1 Å². The number of halogens is 1. The van der Waals surface area contributed by atoms with Crippen molar-refractivity contribution in [3.63, 3.8) is 0 Å². The molecule has 0 unspecified atom stereocenters. The number of para-hydroxylation sites is 1. The maximum Gasteiger partial charge on any atom is 0.245 e. The fourth-order valence-electron chi connectivity index (χ4n) is 2.28. The minimum atomic E-state index is -3.64. The molecule has 0 aromatic heterocycles. The van der Waals surface area contributed by atoms with Crippen LogP contribution in [0.3, 0.4) is 0 Å². The number of nitrogens with zero attached hydrogens (tertiary/aromatic N) is 1. The van der Waals surface area contributed by atoms with Crippen molar-refractivity contribution in [3.05, 3.63) is 58.6 Å². The summed E-state index contributed by atoms with van der Waals surface area (Å²) >= 11 is 6.07. The number of hydrogen-bond acceptors (Lipinski definition) is 3. The zero-order valence-electron chi connectivity index (χ0n) is 13.7. The summed E-state index contributed by atoms with van der Waals surface area (Å²) < 4.78 is 25.4. The van der Waals surface area contributed by atoms with Crippen molar-refractivity contribution < 1.29 is 13.2 Å². The first kappa shape index (κ1) is 18.3. The highest BCUT2D eigenvalue weighted by molar-refractivity contribution is 7.92. The highest BCUT2D eigenvalue weighted by Gasteiger charge is 2.23. The maximum absolute atomic E-state index is 12.3. The largest absolute Gasteiger partial charge is 0.324 e. The van der Waals surface area contributed by atoms with E-state index in [1.165, 1.54) is 0 Å². The van der Waals surface area contributed by atoms with Gasteiger partial charge in [0.15, 0.2) is 0 Å². The molecule has 0 aliphatic carbocycles. The fourth-order valence-corrected chi connectivity index (χ4v) is 3.36. The Kier molecular flexibility index (Phi) is 5.51. The molecular formula is C17H19ClN2O3S. The third-order valence-corrected chi connectivity index (χ3v) is 5.15. The molecular weight excluding hydrogens is 348 g/mol. The summed E-state index contributed by atoms with van der Waals surface area (Å²) in [5.41, 5.74) is 2.55. The van der Waals surface area contributed by atoms with Crippen molar-refractivity contribution in [2.24, 2.45) is 0 Å².